The Bertz CT molecular complexity index is 1070. The Hall–Kier alpha value is -4.41. The molecule has 0 unspecified atom stereocenters. The molecule has 0 bridgehead atoms. The van der Waals surface area contributed by atoms with Crippen LogP contribution in [0.4, 0.5) is 0 Å². The number of amides is 5. The quantitative estimate of drug-likeness (QED) is 0.311. The van der Waals surface area contributed by atoms with Gasteiger partial charge in [0, 0.05) is 12.8 Å². The lowest BCUT2D eigenvalue weighted by atomic mass is 10.0. The summed E-state index contributed by atoms with van der Waals surface area (Å²) < 4.78 is 0. The molecule has 1 heterocycles. The minimum Gasteiger partial charge on any atom is -0.508 e. The molecule has 11 heteroatoms. The van der Waals surface area contributed by atoms with Gasteiger partial charge in [-0.1, -0.05) is 42.5 Å². The van der Waals surface area contributed by atoms with E-state index in [1.165, 1.54) is 12.1 Å². The lowest BCUT2D eigenvalue weighted by molar-refractivity contribution is -0.131. The van der Waals surface area contributed by atoms with Gasteiger partial charge in [-0.25, -0.2) is 0 Å². The van der Waals surface area contributed by atoms with Crippen molar-refractivity contribution in [1.82, 2.24) is 26.6 Å². The maximum Gasteiger partial charge on any atom is 0.243 e. The molecule has 184 valence electrons. The first-order valence-electron chi connectivity index (χ1n) is 11.0. The van der Waals surface area contributed by atoms with E-state index in [-0.39, 0.29) is 25.1 Å². The molecule has 2 atom stereocenters. The fourth-order valence-electron chi connectivity index (χ4n) is 3.45. The number of carbonyl (C=O) groups is 5. The number of carbonyl (C=O) groups excluding carboxylic acids is 5. The average Bonchev–Trinajstić information content (AvgIpc) is 2.85. The molecule has 0 radical (unpaired) electrons. The first-order chi connectivity index (χ1) is 16.8. The molecule has 0 saturated carbocycles. The molecule has 2 aromatic rings. The monoisotopic (exact) mass is 481 g/mol. The maximum absolute atomic E-state index is 12.8. The van der Waals surface area contributed by atoms with Crippen LogP contribution < -0.4 is 26.6 Å². The lowest BCUT2D eigenvalue weighted by Crippen LogP contribution is -2.53. The zero-order valence-corrected chi connectivity index (χ0v) is 18.9. The molecular weight excluding hydrogens is 454 g/mol. The molecule has 0 aromatic heterocycles. The van der Waals surface area contributed by atoms with Gasteiger partial charge in [-0.15, -0.1) is 0 Å². The number of phenols is 1. The Morgan fingerprint density at radius 2 is 1.06 bits per heavy atom. The zero-order chi connectivity index (χ0) is 25.2. The Balaban J connectivity index is 1.75. The van der Waals surface area contributed by atoms with Gasteiger partial charge >= 0.3 is 0 Å². The van der Waals surface area contributed by atoms with E-state index in [2.05, 4.69) is 26.6 Å². The van der Waals surface area contributed by atoms with Gasteiger partial charge in [0.15, 0.2) is 0 Å². The van der Waals surface area contributed by atoms with Crippen molar-refractivity contribution in [3.63, 3.8) is 0 Å². The third-order valence-corrected chi connectivity index (χ3v) is 5.25. The summed E-state index contributed by atoms with van der Waals surface area (Å²) in [4.78, 5) is 62.5. The van der Waals surface area contributed by atoms with E-state index in [4.69, 9.17) is 0 Å². The Morgan fingerprint density at radius 3 is 1.60 bits per heavy atom. The third kappa shape index (κ3) is 8.14. The van der Waals surface area contributed by atoms with Crippen molar-refractivity contribution in [3.05, 3.63) is 65.7 Å². The Labute approximate surface area is 201 Å². The van der Waals surface area contributed by atoms with Gasteiger partial charge in [0.2, 0.25) is 29.5 Å². The molecule has 0 aliphatic carbocycles. The van der Waals surface area contributed by atoms with Gasteiger partial charge in [0.05, 0.1) is 19.6 Å². The van der Waals surface area contributed by atoms with Crippen molar-refractivity contribution in [3.8, 4) is 5.75 Å². The van der Waals surface area contributed by atoms with Crippen LogP contribution in [0.2, 0.25) is 0 Å². The summed E-state index contributed by atoms with van der Waals surface area (Å²) in [5, 5.41) is 21.9. The number of hydrogen-bond acceptors (Lipinski definition) is 6. The van der Waals surface area contributed by atoms with Crippen LogP contribution >= 0.6 is 0 Å². The molecule has 1 aliphatic heterocycles. The largest absolute Gasteiger partial charge is 0.508 e. The molecule has 35 heavy (non-hydrogen) atoms. The summed E-state index contributed by atoms with van der Waals surface area (Å²) in [6.45, 7) is -1.21. The first kappa shape index (κ1) is 25.2. The summed E-state index contributed by atoms with van der Waals surface area (Å²) in [6, 6.07) is 13.1. The second-order valence-corrected chi connectivity index (χ2v) is 8.01. The van der Waals surface area contributed by atoms with Gasteiger partial charge in [0.1, 0.15) is 17.8 Å². The first-order valence-corrected chi connectivity index (χ1v) is 11.0. The van der Waals surface area contributed by atoms with Crippen LogP contribution in [-0.2, 0) is 36.8 Å². The standard InChI is InChI=1S/C24H27N5O6/c30-17-8-6-16(7-9-17)11-19-23(34)26-12-20(31)25-13-21(32)28-18(10-15-4-2-1-3-5-15)24(35)27-14-22(33)29-19/h1-9,18-19,30H,10-14H2,(H,25,31)(H,26,34)(H,27,35)(H,28,32)(H,29,33)/t18-,19+/m1/s1. The van der Waals surface area contributed by atoms with E-state index in [0.717, 1.165) is 5.56 Å². The Kier molecular flexibility index (Phi) is 8.76. The maximum atomic E-state index is 12.8. The van der Waals surface area contributed by atoms with Gasteiger partial charge in [-0.05, 0) is 23.3 Å². The van der Waals surface area contributed by atoms with Crippen molar-refractivity contribution in [2.24, 2.45) is 0 Å². The molecule has 6 N–H and O–H groups in total. The highest BCUT2D eigenvalue weighted by Crippen LogP contribution is 2.11. The van der Waals surface area contributed by atoms with Crippen LogP contribution in [0.1, 0.15) is 11.1 Å². The molecule has 0 spiro atoms. The second kappa shape index (κ2) is 12.2. The number of phenolic OH excluding ortho intramolecular Hbond substituents is 1. The van der Waals surface area contributed by atoms with Crippen molar-refractivity contribution < 1.29 is 29.1 Å². The predicted octanol–water partition coefficient (Wildman–Crippen LogP) is -1.49. The van der Waals surface area contributed by atoms with Gasteiger partial charge in [-0.3, -0.25) is 24.0 Å². The van der Waals surface area contributed by atoms with Gasteiger partial charge < -0.3 is 31.7 Å². The highest BCUT2D eigenvalue weighted by molar-refractivity contribution is 5.95. The molecule has 1 aliphatic rings. The third-order valence-electron chi connectivity index (χ3n) is 5.25. The van der Waals surface area contributed by atoms with Crippen LogP contribution in [0.3, 0.4) is 0 Å². The molecule has 11 nitrogen and oxygen atoms in total. The zero-order valence-electron chi connectivity index (χ0n) is 18.9. The van der Waals surface area contributed by atoms with Crippen LogP contribution in [0.15, 0.2) is 54.6 Å². The van der Waals surface area contributed by atoms with E-state index >= 15 is 0 Å². The number of benzene rings is 2. The summed E-state index contributed by atoms with van der Waals surface area (Å²) in [5.41, 5.74) is 1.45. The normalized spacial score (nSPS) is 20.3. The van der Waals surface area contributed by atoms with Crippen LogP contribution in [0, 0.1) is 0 Å². The molecule has 1 fully saturated rings. The summed E-state index contributed by atoms with van der Waals surface area (Å²) in [7, 11) is 0. The highest BCUT2D eigenvalue weighted by atomic mass is 16.3. The fourth-order valence-corrected chi connectivity index (χ4v) is 3.45. The number of rotatable bonds is 4. The SMILES string of the molecule is O=C1CNC(=O)[C@H](Cc2ccc(O)cc2)NC(=O)CNC(=O)[C@@H](Cc2ccccc2)NC(=O)CN1. The van der Waals surface area contributed by atoms with E-state index in [1.807, 2.05) is 6.07 Å². The van der Waals surface area contributed by atoms with Gasteiger partial charge in [0.25, 0.3) is 0 Å². The lowest BCUT2D eigenvalue weighted by Gasteiger charge is -2.20. The van der Waals surface area contributed by atoms with Crippen molar-refractivity contribution >= 4 is 29.5 Å². The number of aromatic hydroxyl groups is 1. The molecule has 5 amide bonds. The van der Waals surface area contributed by atoms with E-state index in [9.17, 15) is 29.1 Å². The van der Waals surface area contributed by atoms with Crippen molar-refractivity contribution in [1.29, 1.82) is 0 Å². The summed E-state index contributed by atoms with van der Waals surface area (Å²) in [6.07, 6.45) is 0.265. The van der Waals surface area contributed by atoms with Crippen LogP contribution in [0.5, 0.6) is 5.75 Å². The number of nitrogens with one attached hydrogen (secondary N) is 5. The topological polar surface area (TPSA) is 166 Å². The van der Waals surface area contributed by atoms with E-state index in [1.54, 1.807) is 36.4 Å². The molecular formula is C24H27N5O6. The van der Waals surface area contributed by atoms with E-state index < -0.39 is 54.7 Å². The van der Waals surface area contributed by atoms with Crippen molar-refractivity contribution in [2.45, 2.75) is 24.9 Å². The minimum absolute atomic E-state index is 0.0527. The Morgan fingerprint density at radius 1 is 0.600 bits per heavy atom. The number of hydrogen-bond donors (Lipinski definition) is 6. The minimum atomic E-state index is -1.04. The van der Waals surface area contributed by atoms with E-state index in [0.29, 0.717) is 5.56 Å². The molecule has 2 aromatic carbocycles. The second-order valence-electron chi connectivity index (χ2n) is 8.01. The fraction of sp³-hybridized carbons (Fsp3) is 0.292. The smallest absolute Gasteiger partial charge is 0.243 e. The van der Waals surface area contributed by atoms with Crippen LogP contribution in [-0.4, -0.2) is 66.4 Å². The predicted molar refractivity (Wildman–Crippen MR) is 125 cm³/mol. The summed E-state index contributed by atoms with van der Waals surface area (Å²) in [5.74, 6) is -2.97. The van der Waals surface area contributed by atoms with Crippen LogP contribution in [0.25, 0.3) is 0 Å². The summed E-state index contributed by atoms with van der Waals surface area (Å²) >= 11 is 0. The average molecular weight is 482 g/mol. The highest BCUT2D eigenvalue weighted by Gasteiger charge is 2.25. The molecule has 1 saturated heterocycles. The van der Waals surface area contributed by atoms with Gasteiger partial charge in [-0.2, -0.15) is 0 Å². The molecule has 3 rings (SSSR count). The van der Waals surface area contributed by atoms with Crippen molar-refractivity contribution in [2.75, 3.05) is 19.6 Å².